The lowest BCUT2D eigenvalue weighted by Gasteiger charge is -2.25. The highest BCUT2D eigenvalue weighted by atomic mass is 16.3. The summed E-state index contributed by atoms with van der Waals surface area (Å²) in [6.07, 6.45) is 1.44. The first-order valence-electron chi connectivity index (χ1n) is 4.33. The molecule has 0 amide bonds. The van der Waals surface area contributed by atoms with Gasteiger partial charge in [-0.2, -0.15) is 0 Å². The summed E-state index contributed by atoms with van der Waals surface area (Å²) >= 11 is 0. The Hall–Kier alpha value is -0.0800. The second-order valence-electron chi connectivity index (χ2n) is 4.15. The van der Waals surface area contributed by atoms with Gasteiger partial charge in [-0.05, 0) is 26.2 Å². The minimum Gasteiger partial charge on any atom is -0.393 e. The largest absolute Gasteiger partial charge is 0.393 e. The van der Waals surface area contributed by atoms with Gasteiger partial charge < -0.3 is 10.8 Å². The molecule has 0 aromatic carbocycles. The van der Waals surface area contributed by atoms with Crippen molar-refractivity contribution in [2.45, 2.75) is 52.2 Å². The molecule has 2 atom stereocenters. The third-order valence-corrected chi connectivity index (χ3v) is 2.04. The predicted octanol–water partition coefficient (Wildman–Crippen LogP) is 1.52. The van der Waals surface area contributed by atoms with E-state index in [9.17, 15) is 5.11 Å². The van der Waals surface area contributed by atoms with Crippen LogP contribution in [-0.2, 0) is 0 Å². The van der Waals surface area contributed by atoms with Crippen LogP contribution in [0, 0.1) is 5.92 Å². The topological polar surface area (TPSA) is 46.2 Å². The molecule has 2 heteroatoms. The van der Waals surface area contributed by atoms with Crippen LogP contribution in [-0.4, -0.2) is 16.7 Å². The quantitative estimate of drug-likeness (QED) is 0.653. The molecule has 0 fully saturated rings. The Morgan fingerprint density at radius 2 is 1.91 bits per heavy atom. The fourth-order valence-corrected chi connectivity index (χ4v) is 1.01. The van der Waals surface area contributed by atoms with Crippen LogP contribution < -0.4 is 5.73 Å². The zero-order valence-corrected chi connectivity index (χ0v) is 8.09. The van der Waals surface area contributed by atoms with E-state index in [4.69, 9.17) is 5.73 Å². The summed E-state index contributed by atoms with van der Waals surface area (Å²) in [6.45, 7) is 8.02. The maximum atomic E-state index is 9.57. The average molecular weight is 159 g/mol. The van der Waals surface area contributed by atoms with Crippen molar-refractivity contribution in [1.29, 1.82) is 0 Å². The van der Waals surface area contributed by atoms with Crippen molar-refractivity contribution >= 4 is 0 Å². The van der Waals surface area contributed by atoms with E-state index in [0.717, 1.165) is 6.42 Å². The molecule has 0 saturated carbocycles. The summed E-state index contributed by atoms with van der Waals surface area (Å²) in [6, 6.07) is 0. The van der Waals surface area contributed by atoms with Crippen molar-refractivity contribution in [2.75, 3.05) is 0 Å². The summed E-state index contributed by atoms with van der Waals surface area (Å²) in [7, 11) is 0. The molecule has 0 aromatic heterocycles. The van der Waals surface area contributed by atoms with Crippen LogP contribution in [0.25, 0.3) is 0 Å². The molecular weight excluding hydrogens is 138 g/mol. The second kappa shape index (κ2) is 4.07. The lowest BCUT2D eigenvalue weighted by Crippen LogP contribution is -2.38. The maximum Gasteiger partial charge on any atom is 0.0582 e. The average Bonchev–Trinajstić information content (AvgIpc) is 1.82. The van der Waals surface area contributed by atoms with Gasteiger partial charge in [0.05, 0.1) is 6.10 Å². The van der Waals surface area contributed by atoms with Crippen LogP contribution in [0.3, 0.4) is 0 Å². The molecule has 0 bridgehead atoms. The van der Waals surface area contributed by atoms with Crippen LogP contribution in [0.5, 0.6) is 0 Å². The van der Waals surface area contributed by atoms with Gasteiger partial charge >= 0.3 is 0 Å². The number of hydrogen-bond acceptors (Lipinski definition) is 2. The molecule has 68 valence electrons. The first-order chi connectivity index (χ1) is 4.87. The lowest BCUT2D eigenvalue weighted by atomic mass is 9.90. The van der Waals surface area contributed by atoms with Gasteiger partial charge in [0, 0.05) is 5.54 Å². The van der Waals surface area contributed by atoms with Gasteiger partial charge in [0.1, 0.15) is 0 Å². The fourth-order valence-electron chi connectivity index (χ4n) is 1.01. The van der Waals surface area contributed by atoms with E-state index < -0.39 is 0 Å². The summed E-state index contributed by atoms with van der Waals surface area (Å²) in [5.41, 5.74) is 5.52. The Morgan fingerprint density at radius 3 is 2.18 bits per heavy atom. The molecular formula is C9H21NO. The van der Waals surface area contributed by atoms with Crippen molar-refractivity contribution in [1.82, 2.24) is 0 Å². The van der Waals surface area contributed by atoms with Gasteiger partial charge in [-0.25, -0.2) is 0 Å². The molecule has 0 aliphatic heterocycles. The number of aliphatic hydroxyl groups is 1. The number of hydrogen-bond donors (Lipinski definition) is 2. The van der Waals surface area contributed by atoms with Crippen LogP contribution in [0.4, 0.5) is 0 Å². The third kappa shape index (κ3) is 5.22. The van der Waals surface area contributed by atoms with E-state index in [-0.39, 0.29) is 11.6 Å². The molecule has 0 aliphatic rings. The Balaban J connectivity index is 3.77. The number of aliphatic hydroxyl groups excluding tert-OH is 1. The molecule has 0 aromatic rings. The molecule has 2 nitrogen and oxygen atoms in total. The van der Waals surface area contributed by atoms with Gasteiger partial charge in [-0.3, -0.25) is 0 Å². The second-order valence-corrected chi connectivity index (χ2v) is 4.15. The smallest absolute Gasteiger partial charge is 0.0582 e. The van der Waals surface area contributed by atoms with Crippen molar-refractivity contribution < 1.29 is 5.11 Å². The van der Waals surface area contributed by atoms with E-state index in [2.05, 4.69) is 13.8 Å². The molecule has 0 aliphatic carbocycles. The maximum absolute atomic E-state index is 9.57. The Kier molecular flexibility index (Phi) is 4.04. The third-order valence-electron chi connectivity index (χ3n) is 2.04. The molecule has 0 heterocycles. The van der Waals surface area contributed by atoms with E-state index in [1.165, 1.54) is 0 Å². The van der Waals surface area contributed by atoms with E-state index in [1.54, 1.807) is 0 Å². The molecule has 0 radical (unpaired) electrons. The first-order valence-corrected chi connectivity index (χ1v) is 4.33. The van der Waals surface area contributed by atoms with Crippen molar-refractivity contribution in [2.24, 2.45) is 11.7 Å². The summed E-state index contributed by atoms with van der Waals surface area (Å²) in [4.78, 5) is 0. The van der Waals surface area contributed by atoms with E-state index >= 15 is 0 Å². The molecule has 0 saturated heterocycles. The van der Waals surface area contributed by atoms with Crippen LogP contribution in [0.15, 0.2) is 0 Å². The van der Waals surface area contributed by atoms with Gasteiger partial charge in [0.2, 0.25) is 0 Å². The Labute approximate surface area is 69.8 Å². The van der Waals surface area contributed by atoms with E-state index in [1.807, 2.05) is 13.8 Å². The van der Waals surface area contributed by atoms with E-state index in [0.29, 0.717) is 12.3 Å². The highest BCUT2D eigenvalue weighted by Gasteiger charge is 2.20. The van der Waals surface area contributed by atoms with Gasteiger partial charge in [0.25, 0.3) is 0 Å². The van der Waals surface area contributed by atoms with Crippen LogP contribution in [0.1, 0.15) is 40.5 Å². The van der Waals surface area contributed by atoms with Crippen molar-refractivity contribution in [3.05, 3.63) is 0 Å². The standard InChI is InChI=1S/C9H21NO/c1-5-7(2)8(11)6-9(3,4)10/h7-8,11H,5-6,10H2,1-4H3. The summed E-state index contributed by atoms with van der Waals surface area (Å²) in [5, 5.41) is 9.57. The summed E-state index contributed by atoms with van der Waals surface area (Å²) in [5.74, 6) is 0.359. The molecule has 0 rings (SSSR count). The van der Waals surface area contributed by atoms with Crippen molar-refractivity contribution in [3.8, 4) is 0 Å². The molecule has 11 heavy (non-hydrogen) atoms. The number of nitrogens with two attached hydrogens (primary N) is 1. The van der Waals surface area contributed by atoms with Gasteiger partial charge in [0.15, 0.2) is 0 Å². The first kappa shape index (κ1) is 10.9. The number of rotatable bonds is 4. The fraction of sp³-hybridized carbons (Fsp3) is 1.00. The minimum atomic E-state index is -0.250. The van der Waals surface area contributed by atoms with Crippen LogP contribution >= 0.6 is 0 Å². The molecule has 3 N–H and O–H groups in total. The summed E-state index contributed by atoms with van der Waals surface area (Å²) < 4.78 is 0. The lowest BCUT2D eigenvalue weighted by molar-refractivity contribution is 0.0865. The van der Waals surface area contributed by atoms with Crippen LogP contribution in [0.2, 0.25) is 0 Å². The SMILES string of the molecule is CCC(C)C(O)CC(C)(C)N. The van der Waals surface area contributed by atoms with Gasteiger partial charge in [-0.1, -0.05) is 20.3 Å². The molecule has 0 spiro atoms. The zero-order chi connectivity index (χ0) is 9.07. The van der Waals surface area contributed by atoms with Gasteiger partial charge in [-0.15, -0.1) is 0 Å². The predicted molar refractivity (Wildman–Crippen MR) is 48.3 cm³/mol. The highest BCUT2D eigenvalue weighted by Crippen LogP contribution is 2.16. The Bertz CT molecular complexity index is 107. The highest BCUT2D eigenvalue weighted by molar-refractivity contribution is 4.78. The van der Waals surface area contributed by atoms with Crippen molar-refractivity contribution in [3.63, 3.8) is 0 Å². The minimum absolute atomic E-state index is 0.247. The zero-order valence-electron chi connectivity index (χ0n) is 8.09. The Morgan fingerprint density at radius 1 is 1.45 bits per heavy atom. The monoisotopic (exact) mass is 159 g/mol. The molecule has 2 unspecified atom stereocenters. The normalized spacial score (nSPS) is 18.0.